The molecule has 0 spiro atoms. The molecule has 3 N–H and O–H groups in total. The average Bonchev–Trinajstić information content (AvgIpc) is 3.29. The Bertz CT molecular complexity index is 1270. The van der Waals surface area contributed by atoms with Crippen molar-refractivity contribution in [3.63, 3.8) is 0 Å². The van der Waals surface area contributed by atoms with Crippen LogP contribution in [0.2, 0.25) is 0 Å². The van der Waals surface area contributed by atoms with Crippen LogP contribution in [0.3, 0.4) is 0 Å². The van der Waals surface area contributed by atoms with E-state index in [1.807, 2.05) is 73.0 Å². The van der Waals surface area contributed by atoms with Gasteiger partial charge in [-0.1, -0.05) is 78.9 Å². The molecule has 0 radical (unpaired) electrons. The fourth-order valence-corrected chi connectivity index (χ4v) is 5.29. The number of hydrogen-bond donors (Lipinski definition) is 3. The van der Waals surface area contributed by atoms with Crippen LogP contribution in [0.25, 0.3) is 11.1 Å². The standard InChI is InChI=1S/C31H34N2O6S/c1-20(38-18-21-10-4-3-5-11-21)28(30(35)36)33-29(34)27(16-17-40-2)32-31(37)39-19-26-24-14-8-6-12-22(24)23-13-7-9-15-25(23)26/h3-15,20,26-28H,16-19H2,1-2H3,(H,32,37)(H,33,34)(H,35,36)/t20-,27+,28+/m1/s1. The van der Waals surface area contributed by atoms with E-state index < -0.39 is 36.2 Å². The lowest BCUT2D eigenvalue weighted by atomic mass is 9.98. The molecule has 3 aromatic carbocycles. The Labute approximate surface area is 238 Å². The molecule has 0 fully saturated rings. The van der Waals surface area contributed by atoms with Gasteiger partial charge < -0.3 is 25.2 Å². The quantitative estimate of drug-likeness (QED) is 0.274. The zero-order chi connectivity index (χ0) is 28.5. The lowest BCUT2D eigenvalue weighted by Crippen LogP contribution is -2.55. The van der Waals surface area contributed by atoms with Crippen LogP contribution in [-0.4, -0.2) is 59.9 Å². The second-order valence-corrected chi connectivity index (χ2v) is 10.6. The molecule has 1 aliphatic rings. The minimum atomic E-state index is -1.29. The fourth-order valence-electron chi connectivity index (χ4n) is 4.82. The number of rotatable bonds is 13. The molecule has 0 heterocycles. The van der Waals surface area contributed by atoms with Gasteiger partial charge in [-0.25, -0.2) is 9.59 Å². The third kappa shape index (κ3) is 7.22. The van der Waals surface area contributed by atoms with Gasteiger partial charge in [0.15, 0.2) is 6.04 Å². The number of ether oxygens (including phenoxy) is 2. The van der Waals surface area contributed by atoms with Crippen LogP contribution in [0, 0.1) is 0 Å². The normalized spacial score (nSPS) is 14.3. The van der Waals surface area contributed by atoms with Crippen molar-refractivity contribution in [3.8, 4) is 11.1 Å². The van der Waals surface area contributed by atoms with Gasteiger partial charge in [-0.2, -0.15) is 11.8 Å². The lowest BCUT2D eigenvalue weighted by molar-refractivity contribution is -0.146. The van der Waals surface area contributed by atoms with Crippen molar-refractivity contribution in [2.24, 2.45) is 0 Å². The summed E-state index contributed by atoms with van der Waals surface area (Å²) in [5, 5.41) is 15.0. The first-order chi connectivity index (χ1) is 19.4. The van der Waals surface area contributed by atoms with Crippen molar-refractivity contribution >= 4 is 29.7 Å². The van der Waals surface area contributed by atoms with E-state index in [-0.39, 0.29) is 19.1 Å². The van der Waals surface area contributed by atoms with Gasteiger partial charge in [-0.15, -0.1) is 0 Å². The smallest absolute Gasteiger partial charge is 0.407 e. The number of thioether (sulfide) groups is 1. The van der Waals surface area contributed by atoms with Crippen molar-refractivity contribution in [3.05, 3.63) is 95.6 Å². The van der Waals surface area contributed by atoms with Crippen molar-refractivity contribution in [1.29, 1.82) is 0 Å². The third-order valence-electron chi connectivity index (χ3n) is 6.95. The summed E-state index contributed by atoms with van der Waals surface area (Å²) in [5.74, 6) is -1.36. The van der Waals surface area contributed by atoms with E-state index in [0.29, 0.717) is 12.2 Å². The van der Waals surface area contributed by atoms with Crippen LogP contribution in [0.15, 0.2) is 78.9 Å². The summed E-state index contributed by atoms with van der Waals surface area (Å²) in [5.41, 5.74) is 5.30. The SMILES string of the molecule is CSCC[C@H](NC(=O)OCC1c2ccccc2-c2ccccc21)C(=O)N[C@H](C(=O)O)[C@@H](C)OCc1ccccc1. The number of nitrogens with one attached hydrogen (secondary N) is 2. The number of fused-ring (bicyclic) bond motifs is 3. The summed E-state index contributed by atoms with van der Waals surface area (Å²) >= 11 is 1.52. The molecule has 2 amide bonds. The van der Waals surface area contributed by atoms with Gasteiger partial charge in [0.05, 0.1) is 12.7 Å². The maximum absolute atomic E-state index is 13.2. The monoisotopic (exact) mass is 562 g/mol. The molecular weight excluding hydrogens is 528 g/mol. The first-order valence-corrected chi connectivity index (χ1v) is 14.6. The van der Waals surface area contributed by atoms with Crippen LogP contribution in [0.5, 0.6) is 0 Å². The van der Waals surface area contributed by atoms with Crippen molar-refractivity contribution < 1.29 is 29.0 Å². The van der Waals surface area contributed by atoms with Gasteiger partial charge >= 0.3 is 12.1 Å². The molecule has 210 valence electrons. The molecule has 4 rings (SSSR count). The van der Waals surface area contributed by atoms with E-state index in [1.165, 1.54) is 11.8 Å². The van der Waals surface area contributed by atoms with E-state index in [2.05, 4.69) is 22.8 Å². The summed E-state index contributed by atoms with van der Waals surface area (Å²) in [6, 6.07) is 23.2. The van der Waals surface area contributed by atoms with E-state index in [9.17, 15) is 19.5 Å². The zero-order valence-corrected chi connectivity index (χ0v) is 23.4. The lowest BCUT2D eigenvalue weighted by Gasteiger charge is -2.25. The molecular formula is C31H34N2O6S. The fraction of sp³-hybridized carbons (Fsp3) is 0.323. The van der Waals surface area contributed by atoms with Gasteiger partial charge in [0.1, 0.15) is 12.6 Å². The minimum Gasteiger partial charge on any atom is -0.480 e. The molecule has 9 heteroatoms. The number of carbonyl (C=O) groups excluding carboxylic acids is 2. The Morgan fingerprint density at radius 3 is 2.10 bits per heavy atom. The average molecular weight is 563 g/mol. The maximum atomic E-state index is 13.2. The predicted octanol–water partition coefficient (Wildman–Crippen LogP) is 4.82. The van der Waals surface area contributed by atoms with Gasteiger partial charge in [0, 0.05) is 5.92 Å². The van der Waals surface area contributed by atoms with E-state index in [4.69, 9.17) is 9.47 Å². The summed E-state index contributed by atoms with van der Waals surface area (Å²) in [4.78, 5) is 38.0. The number of amides is 2. The van der Waals surface area contributed by atoms with Gasteiger partial charge in [0.25, 0.3) is 0 Å². The third-order valence-corrected chi connectivity index (χ3v) is 7.60. The number of aliphatic carboxylic acids is 1. The largest absolute Gasteiger partial charge is 0.480 e. The van der Waals surface area contributed by atoms with Crippen LogP contribution >= 0.6 is 11.8 Å². The minimum absolute atomic E-state index is 0.110. The number of benzene rings is 3. The Kier molecular flexibility index (Phi) is 10.2. The molecule has 3 atom stereocenters. The topological polar surface area (TPSA) is 114 Å². The van der Waals surface area contributed by atoms with E-state index in [1.54, 1.807) is 6.92 Å². The highest BCUT2D eigenvalue weighted by atomic mass is 32.2. The molecule has 0 unspecified atom stereocenters. The number of carboxylic acids is 1. The van der Waals surface area contributed by atoms with Gasteiger partial charge in [0.2, 0.25) is 5.91 Å². The summed E-state index contributed by atoms with van der Waals surface area (Å²) in [6.07, 6.45) is 0.658. The Morgan fingerprint density at radius 1 is 0.900 bits per heavy atom. The number of hydrogen-bond acceptors (Lipinski definition) is 6. The summed E-state index contributed by atoms with van der Waals surface area (Å²) < 4.78 is 11.3. The predicted molar refractivity (Wildman–Crippen MR) is 155 cm³/mol. The highest BCUT2D eigenvalue weighted by Gasteiger charge is 2.32. The van der Waals surface area contributed by atoms with Crippen molar-refractivity contribution in [2.75, 3.05) is 18.6 Å². The van der Waals surface area contributed by atoms with Crippen LogP contribution in [0.4, 0.5) is 4.79 Å². The molecule has 3 aromatic rings. The van der Waals surface area contributed by atoms with Crippen LogP contribution < -0.4 is 10.6 Å². The van der Waals surface area contributed by atoms with E-state index >= 15 is 0 Å². The summed E-state index contributed by atoms with van der Waals surface area (Å²) in [6.45, 7) is 1.91. The first kappa shape index (κ1) is 29.2. The summed E-state index contributed by atoms with van der Waals surface area (Å²) in [7, 11) is 0. The Balaban J connectivity index is 1.37. The van der Waals surface area contributed by atoms with Gasteiger partial charge in [-0.05, 0) is 53.2 Å². The molecule has 0 bridgehead atoms. The van der Waals surface area contributed by atoms with Crippen molar-refractivity contribution in [1.82, 2.24) is 10.6 Å². The maximum Gasteiger partial charge on any atom is 0.407 e. The van der Waals surface area contributed by atoms with Gasteiger partial charge in [-0.3, -0.25) is 4.79 Å². The number of carboxylic acid groups (broad SMARTS) is 1. The number of carbonyl (C=O) groups is 3. The van der Waals surface area contributed by atoms with Crippen LogP contribution in [0.1, 0.15) is 36.0 Å². The zero-order valence-electron chi connectivity index (χ0n) is 22.5. The molecule has 0 saturated heterocycles. The molecule has 0 aliphatic heterocycles. The Hall–Kier alpha value is -3.82. The molecule has 8 nitrogen and oxygen atoms in total. The second-order valence-electron chi connectivity index (χ2n) is 9.63. The highest BCUT2D eigenvalue weighted by molar-refractivity contribution is 7.98. The first-order valence-electron chi connectivity index (χ1n) is 13.2. The molecule has 0 aromatic heterocycles. The van der Waals surface area contributed by atoms with E-state index in [0.717, 1.165) is 27.8 Å². The molecule has 0 saturated carbocycles. The number of alkyl carbamates (subject to hydrolysis) is 1. The highest BCUT2D eigenvalue weighted by Crippen LogP contribution is 2.44. The second kappa shape index (κ2) is 14.0. The van der Waals surface area contributed by atoms with Crippen molar-refractivity contribution in [2.45, 2.75) is 44.1 Å². The van der Waals surface area contributed by atoms with Crippen LogP contribution in [-0.2, 0) is 25.7 Å². The molecule has 40 heavy (non-hydrogen) atoms. The molecule has 1 aliphatic carbocycles. The Morgan fingerprint density at radius 2 is 1.50 bits per heavy atom.